The van der Waals surface area contributed by atoms with Crippen LogP contribution >= 0.6 is 0 Å². The lowest BCUT2D eigenvalue weighted by Gasteiger charge is -1.99. The molecule has 0 unspecified atom stereocenters. The molecular formula is C20H21N. The first-order chi connectivity index (χ1) is 10.2. The van der Waals surface area contributed by atoms with E-state index in [0.717, 1.165) is 23.2 Å². The van der Waals surface area contributed by atoms with Crippen LogP contribution in [0.15, 0.2) is 78.4 Å². The zero-order chi connectivity index (χ0) is 15.1. The molecule has 1 heterocycles. The van der Waals surface area contributed by atoms with E-state index in [1.165, 1.54) is 11.0 Å². The van der Waals surface area contributed by atoms with E-state index in [0.29, 0.717) is 0 Å². The predicted octanol–water partition coefficient (Wildman–Crippen LogP) is 5.72. The molecule has 0 aliphatic carbocycles. The molecule has 1 nitrogen and oxygen atoms in total. The molecule has 0 aliphatic heterocycles. The van der Waals surface area contributed by atoms with Gasteiger partial charge in [0.25, 0.3) is 0 Å². The van der Waals surface area contributed by atoms with E-state index in [4.69, 9.17) is 0 Å². The number of benzene rings is 1. The Bertz CT molecular complexity index is 717. The van der Waals surface area contributed by atoms with Gasteiger partial charge in [0.2, 0.25) is 0 Å². The van der Waals surface area contributed by atoms with Gasteiger partial charge in [-0.05, 0) is 44.1 Å². The van der Waals surface area contributed by atoms with Crippen molar-refractivity contribution in [3.05, 3.63) is 84.1 Å². The quantitative estimate of drug-likeness (QED) is 0.502. The second kappa shape index (κ2) is 7.39. The molecule has 2 rings (SSSR count). The Morgan fingerprint density at radius 3 is 2.71 bits per heavy atom. The highest BCUT2D eigenvalue weighted by atomic mass is 14.7. The number of para-hydroxylation sites is 1. The average molecular weight is 275 g/mol. The molecule has 0 bridgehead atoms. The summed E-state index contributed by atoms with van der Waals surface area (Å²) < 4.78 is 0. The molecule has 0 aliphatic rings. The van der Waals surface area contributed by atoms with Crippen molar-refractivity contribution in [2.24, 2.45) is 0 Å². The maximum absolute atomic E-state index is 4.65. The molecule has 0 spiro atoms. The molecule has 0 saturated heterocycles. The number of allylic oxidation sites excluding steroid dienone is 6. The van der Waals surface area contributed by atoms with Crippen molar-refractivity contribution in [2.75, 3.05) is 0 Å². The molecule has 0 N–H and O–H groups in total. The summed E-state index contributed by atoms with van der Waals surface area (Å²) in [5, 5.41) is 1.17. The lowest BCUT2D eigenvalue weighted by atomic mass is 10.1. The topological polar surface area (TPSA) is 12.9 Å². The van der Waals surface area contributed by atoms with Crippen molar-refractivity contribution in [1.82, 2.24) is 4.98 Å². The lowest BCUT2D eigenvalue weighted by molar-refractivity contribution is 1.22. The van der Waals surface area contributed by atoms with E-state index < -0.39 is 0 Å². The van der Waals surface area contributed by atoms with E-state index in [1.807, 2.05) is 44.2 Å². The third kappa shape index (κ3) is 4.57. The largest absolute Gasteiger partial charge is 0.248 e. The molecule has 0 amide bonds. The lowest BCUT2D eigenvalue weighted by Crippen LogP contribution is -1.83. The number of hydrogen-bond donors (Lipinski definition) is 0. The van der Waals surface area contributed by atoms with E-state index in [-0.39, 0.29) is 0 Å². The Hall–Kier alpha value is -2.41. The summed E-state index contributed by atoms with van der Waals surface area (Å²) in [6, 6.07) is 12.3. The van der Waals surface area contributed by atoms with Gasteiger partial charge in [-0.25, -0.2) is 4.98 Å². The fourth-order valence-corrected chi connectivity index (χ4v) is 2.03. The van der Waals surface area contributed by atoms with Crippen LogP contribution in [0.1, 0.15) is 26.0 Å². The third-order valence-corrected chi connectivity index (χ3v) is 3.11. The maximum Gasteiger partial charge on any atom is 0.0709 e. The van der Waals surface area contributed by atoms with Crippen LogP contribution in [0, 0.1) is 0 Å². The molecule has 0 radical (unpaired) electrons. The first kappa shape index (κ1) is 15.0. The van der Waals surface area contributed by atoms with Crippen molar-refractivity contribution in [2.45, 2.75) is 20.3 Å². The maximum atomic E-state index is 4.65. The third-order valence-electron chi connectivity index (χ3n) is 3.11. The Kier molecular flexibility index (Phi) is 5.28. The highest BCUT2D eigenvalue weighted by molar-refractivity contribution is 5.79. The Morgan fingerprint density at radius 2 is 1.95 bits per heavy atom. The van der Waals surface area contributed by atoms with Gasteiger partial charge >= 0.3 is 0 Å². The Morgan fingerprint density at radius 1 is 1.14 bits per heavy atom. The molecule has 0 fully saturated rings. The van der Waals surface area contributed by atoms with Crippen LogP contribution < -0.4 is 0 Å². The number of aromatic nitrogens is 1. The zero-order valence-corrected chi connectivity index (χ0v) is 12.7. The highest BCUT2D eigenvalue weighted by Gasteiger charge is 1.95. The first-order valence-electron chi connectivity index (χ1n) is 7.20. The van der Waals surface area contributed by atoms with Crippen LogP contribution in [0.5, 0.6) is 0 Å². The summed E-state index contributed by atoms with van der Waals surface area (Å²) in [5.41, 5.74) is 4.34. The number of hydrogen-bond acceptors (Lipinski definition) is 1. The van der Waals surface area contributed by atoms with E-state index >= 15 is 0 Å². The summed E-state index contributed by atoms with van der Waals surface area (Å²) in [6.07, 6.45) is 11.4. The number of pyridine rings is 1. The van der Waals surface area contributed by atoms with Gasteiger partial charge in [0, 0.05) is 5.39 Å². The van der Waals surface area contributed by atoms with Crippen molar-refractivity contribution < 1.29 is 0 Å². The first-order valence-corrected chi connectivity index (χ1v) is 7.20. The molecule has 1 aromatic carbocycles. The molecular weight excluding hydrogens is 254 g/mol. The summed E-state index contributed by atoms with van der Waals surface area (Å²) in [6.45, 7) is 8.00. The van der Waals surface area contributed by atoms with Crippen LogP contribution in [0.4, 0.5) is 0 Å². The van der Waals surface area contributed by atoms with Crippen LogP contribution in [-0.2, 0) is 0 Å². The van der Waals surface area contributed by atoms with Gasteiger partial charge in [0.15, 0.2) is 0 Å². The van der Waals surface area contributed by atoms with Gasteiger partial charge in [-0.2, -0.15) is 0 Å². The van der Waals surface area contributed by atoms with Gasteiger partial charge < -0.3 is 0 Å². The van der Waals surface area contributed by atoms with Gasteiger partial charge in [-0.3, -0.25) is 0 Å². The monoisotopic (exact) mass is 275 g/mol. The molecule has 1 aromatic heterocycles. The minimum atomic E-state index is 0.898. The second-order valence-corrected chi connectivity index (χ2v) is 5.13. The minimum absolute atomic E-state index is 0.898. The summed E-state index contributed by atoms with van der Waals surface area (Å²) >= 11 is 0. The molecule has 21 heavy (non-hydrogen) atoms. The Labute approximate surface area is 127 Å². The molecule has 106 valence electrons. The highest BCUT2D eigenvalue weighted by Crippen LogP contribution is 2.14. The predicted molar refractivity (Wildman–Crippen MR) is 93.1 cm³/mol. The molecule has 1 heteroatoms. The smallest absolute Gasteiger partial charge is 0.0709 e. The van der Waals surface area contributed by atoms with Crippen LogP contribution in [0.25, 0.3) is 17.0 Å². The zero-order valence-electron chi connectivity index (χ0n) is 12.7. The van der Waals surface area contributed by atoms with Crippen LogP contribution in [0.3, 0.4) is 0 Å². The second-order valence-electron chi connectivity index (χ2n) is 5.13. The Balaban J connectivity index is 2.23. The van der Waals surface area contributed by atoms with Crippen molar-refractivity contribution in [3.8, 4) is 0 Å². The number of nitrogens with zero attached hydrogens (tertiary/aromatic N) is 1. The SMILES string of the molecule is C=C(C)C/C=C(\C=C/C)/C=C/c1ccc2ccccc2n1. The van der Waals surface area contributed by atoms with Crippen molar-refractivity contribution in [3.63, 3.8) is 0 Å². The number of rotatable bonds is 5. The van der Waals surface area contributed by atoms with E-state index in [1.54, 1.807) is 0 Å². The van der Waals surface area contributed by atoms with Crippen molar-refractivity contribution in [1.29, 1.82) is 0 Å². The molecule has 2 aromatic rings. The normalized spacial score (nSPS) is 12.6. The summed E-state index contributed by atoms with van der Waals surface area (Å²) in [5.74, 6) is 0. The van der Waals surface area contributed by atoms with E-state index in [2.05, 4.69) is 48.0 Å². The van der Waals surface area contributed by atoms with Gasteiger partial charge in [-0.1, -0.05) is 60.7 Å². The van der Waals surface area contributed by atoms with Crippen LogP contribution in [0.2, 0.25) is 0 Å². The summed E-state index contributed by atoms with van der Waals surface area (Å²) in [7, 11) is 0. The summed E-state index contributed by atoms with van der Waals surface area (Å²) in [4.78, 5) is 4.65. The van der Waals surface area contributed by atoms with Gasteiger partial charge in [0.05, 0.1) is 11.2 Å². The fourth-order valence-electron chi connectivity index (χ4n) is 2.03. The standard InChI is InChI=1S/C20H21N/c1-4-7-17(11-10-16(2)3)12-14-19-15-13-18-8-5-6-9-20(18)21-19/h4-9,11-15H,2,10H2,1,3H3/b7-4-,14-12+,17-11+. The van der Waals surface area contributed by atoms with Gasteiger partial charge in [-0.15, -0.1) is 0 Å². The van der Waals surface area contributed by atoms with Crippen LogP contribution in [-0.4, -0.2) is 4.98 Å². The molecule has 0 atom stereocenters. The fraction of sp³-hybridized carbons (Fsp3) is 0.150. The minimum Gasteiger partial charge on any atom is -0.248 e. The number of fused-ring (bicyclic) bond motifs is 1. The van der Waals surface area contributed by atoms with Crippen molar-refractivity contribution >= 4 is 17.0 Å². The van der Waals surface area contributed by atoms with Gasteiger partial charge in [0.1, 0.15) is 0 Å². The van der Waals surface area contributed by atoms with E-state index in [9.17, 15) is 0 Å². The average Bonchev–Trinajstić information content (AvgIpc) is 2.49. The molecule has 0 saturated carbocycles.